The second-order valence-electron chi connectivity index (χ2n) is 7.76. The van der Waals surface area contributed by atoms with E-state index in [2.05, 4.69) is 0 Å². The Morgan fingerprint density at radius 3 is 2.48 bits per heavy atom. The van der Waals surface area contributed by atoms with Gasteiger partial charge >= 0.3 is 0 Å². The highest BCUT2D eigenvalue weighted by Gasteiger charge is 2.48. The van der Waals surface area contributed by atoms with Gasteiger partial charge in [-0.2, -0.15) is 0 Å². The normalized spacial score (nSPS) is 18.5. The lowest BCUT2D eigenvalue weighted by Crippen LogP contribution is -2.32. The predicted molar refractivity (Wildman–Crippen MR) is 111 cm³/mol. The van der Waals surface area contributed by atoms with E-state index in [0.29, 0.717) is 18.4 Å². The molecule has 4 rings (SSSR count). The summed E-state index contributed by atoms with van der Waals surface area (Å²) in [4.78, 5) is 26.7. The molecule has 11 heteroatoms. The van der Waals surface area contributed by atoms with Crippen molar-refractivity contribution in [3.8, 4) is 0 Å². The average molecular weight is 464 g/mol. The van der Waals surface area contributed by atoms with Gasteiger partial charge in [-0.05, 0) is 55.7 Å². The average Bonchev–Trinajstić information content (AvgIpc) is 3.53. The van der Waals surface area contributed by atoms with E-state index in [-0.39, 0.29) is 27.0 Å². The molecule has 1 aliphatic heterocycles. The van der Waals surface area contributed by atoms with Crippen LogP contribution in [0.3, 0.4) is 0 Å². The zero-order valence-electron chi connectivity index (χ0n) is 16.8. The number of carbonyl (C=O) groups is 2. The molecule has 2 amide bonds. The number of hydrogen-bond acceptors (Lipinski definition) is 6. The van der Waals surface area contributed by atoms with Crippen molar-refractivity contribution in [2.45, 2.75) is 41.6 Å². The number of benzene rings is 2. The maximum absolute atomic E-state index is 13.1. The van der Waals surface area contributed by atoms with Gasteiger partial charge in [-0.3, -0.25) is 9.59 Å². The van der Waals surface area contributed by atoms with Crippen LogP contribution in [0, 0.1) is 0 Å². The summed E-state index contributed by atoms with van der Waals surface area (Å²) in [7, 11) is -6.34. The van der Waals surface area contributed by atoms with Gasteiger partial charge in [0.15, 0.2) is 0 Å². The smallest absolute Gasteiger partial charge is 0.269 e. The van der Waals surface area contributed by atoms with Crippen molar-refractivity contribution < 1.29 is 26.4 Å². The zero-order valence-corrected chi connectivity index (χ0v) is 18.5. The van der Waals surface area contributed by atoms with E-state index in [4.69, 9.17) is 5.14 Å². The fourth-order valence-corrected chi connectivity index (χ4v) is 6.01. The molecule has 1 saturated carbocycles. The number of fused-ring (bicyclic) bond motifs is 1. The van der Waals surface area contributed by atoms with Gasteiger partial charge in [0, 0.05) is 18.7 Å². The predicted octanol–water partition coefficient (Wildman–Crippen LogP) is 1.47. The SMILES string of the molecule is C[C@H](c1cccc(S(N)(=O)=O)c1)N(C)C(=O)c1ccc2c(c1)S(=O)(=O)N(C1CC1)C2=O. The first kappa shape index (κ1) is 21.5. The number of rotatable bonds is 5. The molecule has 2 aromatic rings. The van der Waals surface area contributed by atoms with Gasteiger partial charge in [-0.15, -0.1) is 0 Å². The summed E-state index contributed by atoms with van der Waals surface area (Å²) in [5, 5.41) is 5.18. The Morgan fingerprint density at radius 1 is 1.19 bits per heavy atom. The van der Waals surface area contributed by atoms with Crippen LogP contribution in [0.2, 0.25) is 0 Å². The third-order valence-corrected chi connectivity index (χ3v) is 8.43. The van der Waals surface area contributed by atoms with Gasteiger partial charge in [-0.25, -0.2) is 26.3 Å². The second kappa shape index (κ2) is 7.14. The lowest BCUT2D eigenvalue weighted by Gasteiger charge is -2.26. The standard InChI is InChI=1S/C20H21N3O6S2/c1-12(13-4-3-5-16(10-13)30(21,26)27)22(2)19(24)14-6-9-17-18(11-14)31(28,29)23(20(17)25)15-7-8-15/h3-6,9-12,15H,7-8H2,1-2H3,(H2,21,26,27)/t12-/m1/s1. The second-order valence-corrected chi connectivity index (χ2v) is 11.1. The van der Waals surface area contributed by atoms with E-state index in [0.717, 1.165) is 4.31 Å². The molecule has 31 heavy (non-hydrogen) atoms. The molecule has 9 nitrogen and oxygen atoms in total. The van der Waals surface area contributed by atoms with E-state index in [1.807, 2.05) is 0 Å². The minimum Gasteiger partial charge on any atom is -0.335 e. The highest BCUT2D eigenvalue weighted by atomic mass is 32.2. The number of amides is 2. The lowest BCUT2D eigenvalue weighted by atomic mass is 10.1. The Balaban J connectivity index is 1.64. The van der Waals surface area contributed by atoms with E-state index in [1.165, 1.54) is 48.3 Å². The van der Waals surface area contributed by atoms with Gasteiger partial charge in [0.25, 0.3) is 21.8 Å². The number of carbonyl (C=O) groups excluding carboxylic acids is 2. The van der Waals surface area contributed by atoms with Crippen LogP contribution in [0.5, 0.6) is 0 Å². The minimum atomic E-state index is -3.98. The van der Waals surface area contributed by atoms with Gasteiger partial charge in [0.2, 0.25) is 10.0 Å². The van der Waals surface area contributed by atoms with Crippen LogP contribution in [-0.2, 0) is 20.0 Å². The van der Waals surface area contributed by atoms with E-state index in [1.54, 1.807) is 13.0 Å². The van der Waals surface area contributed by atoms with Gasteiger partial charge in [0.05, 0.1) is 16.5 Å². The Morgan fingerprint density at radius 2 is 1.87 bits per heavy atom. The Bertz CT molecular complexity index is 1320. The Labute approximate surface area is 180 Å². The van der Waals surface area contributed by atoms with Gasteiger partial charge < -0.3 is 4.90 Å². The fraction of sp³-hybridized carbons (Fsp3) is 0.300. The maximum Gasteiger partial charge on any atom is 0.269 e. The van der Waals surface area contributed by atoms with Crippen molar-refractivity contribution in [3.63, 3.8) is 0 Å². The maximum atomic E-state index is 13.1. The zero-order chi connectivity index (χ0) is 22.7. The summed E-state index contributed by atoms with van der Waals surface area (Å²) in [6.07, 6.45) is 1.28. The molecular formula is C20H21N3O6S2. The molecule has 1 aliphatic carbocycles. The van der Waals surface area contributed by atoms with Crippen molar-refractivity contribution in [1.29, 1.82) is 0 Å². The molecule has 0 unspecified atom stereocenters. The topological polar surface area (TPSA) is 135 Å². The van der Waals surface area contributed by atoms with Crippen LogP contribution in [0.1, 0.15) is 52.1 Å². The van der Waals surface area contributed by atoms with Crippen LogP contribution < -0.4 is 5.14 Å². The van der Waals surface area contributed by atoms with Crippen LogP contribution in [0.4, 0.5) is 0 Å². The number of hydrogen-bond donors (Lipinski definition) is 1. The molecule has 1 atom stereocenters. The lowest BCUT2D eigenvalue weighted by molar-refractivity contribution is 0.0741. The van der Waals surface area contributed by atoms with Crippen molar-refractivity contribution in [1.82, 2.24) is 9.21 Å². The minimum absolute atomic E-state index is 0.0694. The van der Waals surface area contributed by atoms with Crippen LogP contribution in [0.25, 0.3) is 0 Å². The van der Waals surface area contributed by atoms with Gasteiger partial charge in [0.1, 0.15) is 4.90 Å². The molecule has 1 fully saturated rings. The molecule has 0 spiro atoms. The molecule has 0 radical (unpaired) electrons. The van der Waals surface area contributed by atoms with Gasteiger partial charge in [-0.1, -0.05) is 12.1 Å². The van der Waals surface area contributed by atoms with Crippen LogP contribution in [-0.4, -0.2) is 50.9 Å². The third-order valence-electron chi connectivity index (χ3n) is 5.64. The third kappa shape index (κ3) is 3.62. The first-order valence-electron chi connectivity index (χ1n) is 9.55. The quantitative estimate of drug-likeness (QED) is 0.713. The molecular weight excluding hydrogens is 442 g/mol. The Kier molecular flexibility index (Phi) is 4.95. The summed E-state index contributed by atoms with van der Waals surface area (Å²) < 4.78 is 49.8. The number of primary sulfonamides is 1. The molecule has 0 saturated heterocycles. The first-order valence-corrected chi connectivity index (χ1v) is 12.5. The first-order chi connectivity index (χ1) is 14.4. The number of sulfonamides is 2. The summed E-state index contributed by atoms with van der Waals surface area (Å²) in [5.41, 5.74) is 0.732. The molecule has 2 N–H and O–H groups in total. The van der Waals surface area contributed by atoms with E-state index >= 15 is 0 Å². The van der Waals surface area contributed by atoms with Crippen molar-refractivity contribution in [3.05, 3.63) is 59.2 Å². The van der Waals surface area contributed by atoms with Crippen molar-refractivity contribution >= 4 is 31.9 Å². The molecule has 2 aromatic carbocycles. The monoisotopic (exact) mass is 463 g/mol. The molecule has 164 valence electrons. The molecule has 1 heterocycles. The van der Waals surface area contributed by atoms with Crippen molar-refractivity contribution in [2.75, 3.05) is 7.05 Å². The van der Waals surface area contributed by atoms with Crippen LogP contribution in [0.15, 0.2) is 52.3 Å². The molecule has 0 aromatic heterocycles. The van der Waals surface area contributed by atoms with Crippen molar-refractivity contribution in [2.24, 2.45) is 5.14 Å². The summed E-state index contributed by atoms with van der Waals surface area (Å²) >= 11 is 0. The Hall–Kier alpha value is -2.76. The summed E-state index contributed by atoms with van der Waals surface area (Å²) in [5.74, 6) is -1.03. The summed E-state index contributed by atoms with van der Waals surface area (Å²) in [6.45, 7) is 1.71. The highest BCUT2D eigenvalue weighted by Crippen LogP contribution is 2.40. The number of nitrogens with zero attached hydrogens (tertiary/aromatic N) is 2. The van der Waals surface area contributed by atoms with Crippen LogP contribution >= 0.6 is 0 Å². The van der Waals surface area contributed by atoms with E-state index < -0.39 is 37.9 Å². The fourth-order valence-electron chi connectivity index (χ4n) is 3.60. The highest BCUT2D eigenvalue weighted by molar-refractivity contribution is 7.90. The molecule has 2 aliphatic rings. The number of nitrogens with two attached hydrogens (primary N) is 1. The summed E-state index contributed by atoms with van der Waals surface area (Å²) in [6, 6.07) is 9.15. The largest absolute Gasteiger partial charge is 0.335 e. The molecule has 0 bridgehead atoms. The van der Waals surface area contributed by atoms with E-state index in [9.17, 15) is 26.4 Å².